The van der Waals surface area contributed by atoms with E-state index in [9.17, 15) is 18.8 Å². The van der Waals surface area contributed by atoms with E-state index in [0.717, 1.165) is 36.4 Å². The zero-order chi connectivity index (χ0) is 30.9. The zero-order valence-corrected chi connectivity index (χ0v) is 24.3. The number of hydrogen-bond donors (Lipinski definition) is 1. The number of carbonyl (C=O) groups is 3. The van der Waals surface area contributed by atoms with Crippen LogP contribution in [0.4, 0.5) is 14.6 Å². The lowest BCUT2D eigenvalue weighted by molar-refractivity contribution is -0.124. The maximum atomic E-state index is 15.9. The predicted octanol–water partition coefficient (Wildman–Crippen LogP) is 3.95. The minimum atomic E-state index is -1.72. The molecule has 1 fully saturated rings. The number of amides is 1. The smallest absolute Gasteiger partial charge is 0.254 e. The standard InChI is InChI=1S/C31H33BF2N6O3/c1-3-22(42)8-11-31(32,18(2)41)40-17-25-23(30(40)43)5-6-24(27(25)34)26-7-4-20(28(35)38-26)16-39-12-9-19(10-13-39)29-36-14-21(33)15-37-29/h4-7,14-15,19H,3,8-13,16-17H2,1-2H3,(H2,35,38). The Balaban J connectivity index is 1.29. The van der Waals surface area contributed by atoms with Gasteiger partial charge in [-0.3, -0.25) is 19.3 Å². The number of ketones is 2. The molecule has 5 rings (SSSR count). The number of benzene rings is 1. The highest BCUT2D eigenvalue weighted by molar-refractivity contribution is 6.30. The van der Waals surface area contributed by atoms with Gasteiger partial charge in [0.1, 0.15) is 36.9 Å². The summed E-state index contributed by atoms with van der Waals surface area (Å²) in [5.41, 5.74) is 6.14. The Morgan fingerprint density at radius 2 is 1.77 bits per heavy atom. The molecule has 1 atom stereocenters. The summed E-state index contributed by atoms with van der Waals surface area (Å²) >= 11 is 0. The Morgan fingerprint density at radius 3 is 2.40 bits per heavy atom. The number of piperidine rings is 1. The Morgan fingerprint density at radius 1 is 1.09 bits per heavy atom. The third-order valence-corrected chi connectivity index (χ3v) is 8.58. The minimum Gasteiger partial charge on any atom is -0.383 e. The average Bonchev–Trinajstić information content (AvgIpc) is 3.35. The Bertz CT molecular complexity index is 1560. The number of aromatic nitrogens is 3. The van der Waals surface area contributed by atoms with Crippen molar-refractivity contribution in [1.29, 1.82) is 0 Å². The molecule has 1 unspecified atom stereocenters. The first-order valence-electron chi connectivity index (χ1n) is 14.4. The van der Waals surface area contributed by atoms with Gasteiger partial charge in [-0.25, -0.2) is 23.7 Å². The summed E-state index contributed by atoms with van der Waals surface area (Å²) in [7, 11) is 6.40. The molecule has 0 bridgehead atoms. The Hall–Kier alpha value is -4.06. The van der Waals surface area contributed by atoms with Crippen LogP contribution in [-0.4, -0.2) is 68.6 Å². The van der Waals surface area contributed by atoms with E-state index in [1.807, 2.05) is 6.07 Å². The number of carbonyl (C=O) groups excluding carboxylic acids is 3. The molecule has 4 heterocycles. The average molecular weight is 586 g/mol. The number of nitrogens with two attached hydrogens (primary N) is 1. The lowest BCUT2D eigenvalue weighted by Crippen LogP contribution is -2.54. The molecule has 12 heteroatoms. The molecule has 3 aromatic rings. The molecular formula is C31H33BF2N6O3. The molecule has 222 valence electrons. The van der Waals surface area contributed by atoms with Crippen molar-refractivity contribution < 1.29 is 23.2 Å². The quantitative estimate of drug-likeness (QED) is 0.355. The first-order chi connectivity index (χ1) is 20.5. The number of rotatable bonds is 10. The molecule has 9 nitrogen and oxygen atoms in total. The van der Waals surface area contributed by atoms with Crippen LogP contribution in [0.3, 0.4) is 0 Å². The number of likely N-dealkylation sites (tertiary alicyclic amines) is 1. The molecule has 0 saturated carbocycles. The van der Waals surface area contributed by atoms with Crippen LogP contribution in [0.5, 0.6) is 0 Å². The summed E-state index contributed by atoms with van der Waals surface area (Å²) in [5.74, 6) is -1.10. The number of anilines is 1. The van der Waals surface area contributed by atoms with E-state index in [4.69, 9.17) is 13.6 Å². The second-order valence-electron chi connectivity index (χ2n) is 11.3. The van der Waals surface area contributed by atoms with Crippen molar-refractivity contribution in [2.45, 2.75) is 70.4 Å². The largest absolute Gasteiger partial charge is 0.383 e. The number of hydrogen-bond acceptors (Lipinski definition) is 8. The highest BCUT2D eigenvalue weighted by Crippen LogP contribution is 2.37. The van der Waals surface area contributed by atoms with Crippen LogP contribution in [0.2, 0.25) is 0 Å². The van der Waals surface area contributed by atoms with Gasteiger partial charge < -0.3 is 10.6 Å². The highest BCUT2D eigenvalue weighted by atomic mass is 19.1. The fourth-order valence-corrected chi connectivity index (χ4v) is 5.79. The third kappa shape index (κ3) is 6.06. The number of nitrogen functional groups attached to an aromatic ring is 1. The van der Waals surface area contributed by atoms with Gasteiger partial charge in [-0.2, -0.15) is 0 Å². The molecule has 43 heavy (non-hydrogen) atoms. The van der Waals surface area contributed by atoms with Crippen LogP contribution in [-0.2, 0) is 22.7 Å². The summed E-state index contributed by atoms with van der Waals surface area (Å²) < 4.78 is 29.0. The van der Waals surface area contributed by atoms with E-state index in [-0.39, 0.29) is 53.6 Å². The van der Waals surface area contributed by atoms with Crippen LogP contribution in [0.1, 0.15) is 79.2 Å². The van der Waals surface area contributed by atoms with E-state index in [1.54, 1.807) is 13.0 Å². The number of fused-ring (bicyclic) bond motifs is 1. The van der Waals surface area contributed by atoms with Crippen molar-refractivity contribution in [2.75, 3.05) is 18.8 Å². The van der Waals surface area contributed by atoms with E-state index in [2.05, 4.69) is 19.9 Å². The van der Waals surface area contributed by atoms with Crippen molar-refractivity contribution in [3.05, 3.63) is 70.8 Å². The van der Waals surface area contributed by atoms with Gasteiger partial charge in [0, 0.05) is 54.1 Å². The van der Waals surface area contributed by atoms with Gasteiger partial charge in [-0.05, 0) is 57.5 Å². The molecule has 1 saturated heterocycles. The fourth-order valence-electron chi connectivity index (χ4n) is 5.79. The second-order valence-corrected chi connectivity index (χ2v) is 11.3. The molecule has 2 aliphatic heterocycles. The monoisotopic (exact) mass is 586 g/mol. The van der Waals surface area contributed by atoms with Crippen LogP contribution in [0, 0.1) is 11.6 Å². The summed E-state index contributed by atoms with van der Waals surface area (Å²) in [6, 6.07) is 6.51. The minimum absolute atomic E-state index is 0.0384. The molecular weight excluding hydrogens is 553 g/mol. The van der Waals surface area contributed by atoms with E-state index in [0.29, 0.717) is 24.5 Å². The number of pyridine rings is 1. The number of halogens is 2. The van der Waals surface area contributed by atoms with Crippen molar-refractivity contribution in [3.8, 4) is 11.3 Å². The summed E-state index contributed by atoms with van der Waals surface area (Å²) in [6.07, 6.45) is 4.33. The molecule has 2 aromatic heterocycles. The summed E-state index contributed by atoms with van der Waals surface area (Å²) in [5, 5.41) is 0. The van der Waals surface area contributed by atoms with Crippen molar-refractivity contribution in [1.82, 2.24) is 24.8 Å². The Kier molecular flexibility index (Phi) is 8.68. The van der Waals surface area contributed by atoms with Gasteiger partial charge in [0.05, 0.1) is 23.5 Å². The molecule has 0 aliphatic carbocycles. The van der Waals surface area contributed by atoms with Gasteiger partial charge in [-0.15, -0.1) is 0 Å². The molecule has 2 radical (unpaired) electrons. The van der Waals surface area contributed by atoms with Gasteiger partial charge in [0.2, 0.25) is 0 Å². The van der Waals surface area contributed by atoms with E-state index in [1.165, 1.54) is 31.5 Å². The molecule has 0 spiro atoms. The van der Waals surface area contributed by atoms with Crippen LogP contribution < -0.4 is 5.73 Å². The van der Waals surface area contributed by atoms with Gasteiger partial charge in [0.25, 0.3) is 5.91 Å². The lowest BCUT2D eigenvalue weighted by atomic mass is 9.69. The number of nitrogens with zero attached hydrogens (tertiary/aromatic N) is 5. The van der Waals surface area contributed by atoms with Crippen molar-refractivity contribution >= 4 is 31.1 Å². The maximum absolute atomic E-state index is 15.9. The van der Waals surface area contributed by atoms with E-state index >= 15 is 4.39 Å². The van der Waals surface area contributed by atoms with Crippen LogP contribution >= 0.6 is 0 Å². The van der Waals surface area contributed by atoms with Gasteiger partial charge in [0.15, 0.2) is 5.82 Å². The summed E-state index contributed by atoms with van der Waals surface area (Å²) in [4.78, 5) is 53.8. The molecule has 2 aliphatic rings. The third-order valence-electron chi connectivity index (χ3n) is 8.58. The number of Topliss-reactive ketones (excluding diaryl/α,β-unsaturated/α-hetero) is 2. The van der Waals surface area contributed by atoms with Gasteiger partial charge in [-0.1, -0.05) is 13.0 Å². The predicted molar refractivity (Wildman–Crippen MR) is 157 cm³/mol. The lowest BCUT2D eigenvalue weighted by Gasteiger charge is -2.37. The van der Waals surface area contributed by atoms with Crippen LogP contribution in [0.15, 0.2) is 36.7 Å². The first kappa shape index (κ1) is 30.4. The first-order valence-corrected chi connectivity index (χ1v) is 14.4. The molecule has 2 N–H and O–H groups in total. The maximum Gasteiger partial charge on any atom is 0.254 e. The van der Waals surface area contributed by atoms with Gasteiger partial charge >= 0.3 is 0 Å². The highest BCUT2D eigenvalue weighted by Gasteiger charge is 2.44. The fraction of sp³-hybridized carbons (Fsp3) is 0.419. The summed E-state index contributed by atoms with van der Waals surface area (Å²) in [6.45, 7) is 4.92. The normalized spacial score (nSPS) is 17.1. The second kappa shape index (κ2) is 12.3. The molecule has 1 amide bonds. The zero-order valence-electron chi connectivity index (χ0n) is 24.3. The molecule has 1 aromatic carbocycles. The van der Waals surface area contributed by atoms with Crippen LogP contribution in [0.25, 0.3) is 11.3 Å². The van der Waals surface area contributed by atoms with E-state index < -0.39 is 28.8 Å². The SMILES string of the molecule is [B]C(CCC(=O)CC)(C(C)=O)N1Cc2c(ccc(-c3ccc(CN4CCC(c5ncc(F)cn5)CC4)c(N)n3)c2F)C1=O. The van der Waals surface area contributed by atoms with Crippen molar-refractivity contribution in [2.24, 2.45) is 0 Å². The van der Waals surface area contributed by atoms with Crippen molar-refractivity contribution in [3.63, 3.8) is 0 Å². The Labute approximate surface area is 250 Å². The topological polar surface area (TPSA) is 122 Å².